The molecule has 0 radical (unpaired) electrons. The van der Waals surface area contributed by atoms with Gasteiger partial charge in [-0.25, -0.2) is 8.42 Å². The molecule has 1 aliphatic heterocycles. The molecule has 10 heteroatoms. The van der Waals surface area contributed by atoms with Crippen molar-refractivity contribution in [2.75, 3.05) is 33.7 Å². The Hall–Kier alpha value is -1.20. The average molecular weight is 490 g/mol. The summed E-state index contributed by atoms with van der Waals surface area (Å²) in [6.07, 6.45) is 2.96. The summed E-state index contributed by atoms with van der Waals surface area (Å²) < 4.78 is 33.6. The van der Waals surface area contributed by atoms with Crippen LogP contribution in [0.25, 0.3) is 0 Å². The van der Waals surface area contributed by atoms with Crippen LogP contribution in [0.5, 0.6) is 0 Å². The molecule has 0 aromatic carbocycles. The summed E-state index contributed by atoms with van der Waals surface area (Å²) in [7, 11) is 0.279. The molecule has 1 amide bonds. The second-order valence-corrected chi connectivity index (χ2v) is 11.6. The summed E-state index contributed by atoms with van der Waals surface area (Å²) in [6.45, 7) is 1.05. The number of halogens is 1. The second kappa shape index (κ2) is 9.08. The van der Waals surface area contributed by atoms with E-state index < -0.39 is 10.0 Å². The van der Waals surface area contributed by atoms with Crippen molar-refractivity contribution in [1.29, 1.82) is 0 Å². The van der Waals surface area contributed by atoms with Gasteiger partial charge in [-0.3, -0.25) is 9.69 Å². The minimum Gasteiger partial charge on any atom is -0.468 e. The third kappa shape index (κ3) is 4.85. The molecule has 0 spiro atoms. The van der Waals surface area contributed by atoms with Crippen LogP contribution in [0.3, 0.4) is 0 Å². The van der Waals surface area contributed by atoms with E-state index in [2.05, 4.69) is 21.2 Å². The van der Waals surface area contributed by atoms with Crippen molar-refractivity contribution in [3.63, 3.8) is 0 Å². The molecule has 1 fully saturated rings. The highest BCUT2D eigenvalue weighted by Gasteiger charge is 2.34. The van der Waals surface area contributed by atoms with Crippen LogP contribution < -0.4 is 5.32 Å². The first-order valence-electron chi connectivity index (χ1n) is 9.02. The molecular formula is C18H24BrN3O4S2. The predicted octanol–water partition coefficient (Wildman–Crippen LogP) is 2.92. The van der Waals surface area contributed by atoms with E-state index in [1.54, 1.807) is 18.4 Å². The van der Waals surface area contributed by atoms with E-state index in [0.717, 1.165) is 9.55 Å². The predicted molar refractivity (Wildman–Crippen MR) is 112 cm³/mol. The summed E-state index contributed by atoms with van der Waals surface area (Å²) in [5.41, 5.74) is 0. The van der Waals surface area contributed by atoms with Crippen LogP contribution in [0.4, 0.5) is 0 Å². The summed E-state index contributed by atoms with van der Waals surface area (Å²) in [6, 6.07) is 6.94. The average Bonchev–Trinajstić information content (AvgIpc) is 3.34. The first-order valence-corrected chi connectivity index (χ1v) is 12.1. The standard InChI is InChI=1S/C18H24BrN3O4S2/c1-21(2)14(15-6-4-10-26-15)11-20-18(23)13-5-3-9-22(12-13)28(24,25)17-8-7-16(19)27-17/h4,6-8,10,13-14H,3,5,9,11-12H2,1-2H3,(H,20,23). The van der Waals surface area contributed by atoms with Gasteiger partial charge in [-0.1, -0.05) is 0 Å². The number of nitrogens with one attached hydrogen (secondary N) is 1. The van der Waals surface area contributed by atoms with Gasteiger partial charge in [0.25, 0.3) is 10.0 Å². The van der Waals surface area contributed by atoms with Crippen LogP contribution >= 0.6 is 27.3 Å². The van der Waals surface area contributed by atoms with Gasteiger partial charge < -0.3 is 9.73 Å². The highest BCUT2D eigenvalue weighted by Crippen LogP contribution is 2.31. The lowest BCUT2D eigenvalue weighted by Gasteiger charge is -2.31. The zero-order chi connectivity index (χ0) is 20.3. The molecule has 154 valence electrons. The highest BCUT2D eigenvalue weighted by atomic mass is 79.9. The second-order valence-electron chi connectivity index (χ2n) is 7.00. The number of hydrogen-bond donors (Lipinski definition) is 1. The topological polar surface area (TPSA) is 82.9 Å². The molecule has 3 heterocycles. The van der Waals surface area contributed by atoms with Gasteiger partial charge in [-0.15, -0.1) is 11.3 Å². The number of likely N-dealkylation sites (N-methyl/N-ethyl adjacent to an activating group) is 1. The molecule has 3 rings (SSSR count). The lowest BCUT2D eigenvalue weighted by atomic mass is 9.98. The quantitative estimate of drug-likeness (QED) is 0.646. The van der Waals surface area contributed by atoms with Gasteiger partial charge in [0.2, 0.25) is 5.91 Å². The van der Waals surface area contributed by atoms with E-state index in [9.17, 15) is 13.2 Å². The molecule has 2 aromatic heterocycles. The molecule has 2 unspecified atom stereocenters. The zero-order valence-corrected chi connectivity index (χ0v) is 19.0. The number of amides is 1. The van der Waals surface area contributed by atoms with Crippen molar-refractivity contribution < 1.29 is 17.6 Å². The lowest BCUT2D eigenvalue weighted by molar-refractivity contribution is -0.126. The van der Waals surface area contributed by atoms with Crippen LogP contribution in [-0.2, 0) is 14.8 Å². The third-order valence-corrected chi connectivity index (χ3v) is 8.82. The van der Waals surface area contributed by atoms with E-state index in [1.807, 2.05) is 31.1 Å². The number of nitrogens with zero attached hydrogens (tertiary/aromatic N) is 2. The molecule has 2 atom stereocenters. The molecule has 7 nitrogen and oxygen atoms in total. The van der Waals surface area contributed by atoms with E-state index >= 15 is 0 Å². The van der Waals surface area contributed by atoms with E-state index in [-0.39, 0.29) is 24.4 Å². The molecule has 0 saturated carbocycles. The van der Waals surface area contributed by atoms with Gasteiger partial charge in [-0.2, -0.15) is 4.31 Å². The Morgan fingerprint density at radius 1 is 1.43 bits per heavy atom. The van der Waals surface area contributed by atoms with Crippen molar-refractivity contribution >= 4 is 43.2 Å². The first kappa shape index (κ1) is 21.5. The summed E-state index contributed by atoms with van der Waals surface area (Å²) in [4.78, 5) is 14.7. The smallest absolute Gasteiger partial charge is 0.252 e. The fourth-order valence-corrected chi connectivity index (χ4v) is 6.99. The fourth-order valence-electron chi connectivity index (χ4n) is 3.30. The van der Waals surface area contributed by atoms with Crippen molar-refractivity contribution in [2.45, 2.75) is 23.1 Å². The molecule has 28 heavy (non-hydrogen) atoms. The van der Waals surface area contributed by atoms with Crippen LogP contribution in [0.1, 0.15) is 24.6 Å². The largest absolute Gasteiger partial charge is 0.468 e. The Bertz CT molecular complexity index is 896. The van der Waals surface area contributed by atoms with E-state index in [1.165, 1.54) is 15.6 Å². The van der Waals surface area contributed by atoms with Crippen LogP contribution in [0.15, 0.2) is 42.9 Å². The van der Waals surface area contributed by atoms with Gasteiger partial charge in [0.15, 0.2) is 0 Å². The van der Waals surface area contributed by atoms with Gasteiger partial charge in [0.1, 0.15) is 9.97 Å². The number of piperidine rings is 1. The van der Waals surface area contributed by atoms with Gasteiger partial charge in [-0.05, 0) is 67.1 Å². The molecule has 0 aliphatic carbocycles. The molecule has 1 aliphatic rings. The number of furan rings is 1. The SMILES string of the molecule is CN(C)C(CNC(=O)C1CCCN(S(=O)(=O)c2ccc(Br)s2)C1)c1ccco1. The number of carbonyl (C=O) groups is 1. The number of rotatable bonds is 7. The van der Waals surface area contributed by atoms with E-state index in [0.29, 0.717) is 30.1 Å². The summed E-state index contributed by atoms with van der Waals surface area (Å²) in [5.74, 6) is 0.304. The number of hydrogen-bond acceptors (Lipinski definition) is 6. The van der Waals surface area contributed by atoms with Gasteiger partial charge in [0.05, 0.1) is 22.0 Å². The Labute approximate surface area is 177 Å². The molecule has 0 bridgehead atoms. The zero-order valence-electron chi connectivity index (χ0n) is 15.8. The lowest BCUT2D eigenvalue weighted by Crippen LogP contribution is -2.46. The maximum atomic E-state index is 12.8. The summed E-state index contributed by atoms with van der Waals surface area (Å²) >= 11 is 4.49. The molecule has 2 aromatic rings. The maximum Gasteiger partial charge on any atom is 0.252 e. The number of sulfonamides is 1. The Morgan fingerprint density at radius 2 is 2.21 bits per heavy atom. The fraction of sp³-hybridized carbons (Fsp3) is 0.500. The van der Waals surface area contributed by atoms with Gasteiger partial charge >= 0.3 is 0 Å². The van der Waals surface area contributed by atoms with Gasteiger partial charge in [0, 0.05) is 19.6 Å². The Morgan fingerprint density at radius 3 is 2.82 bits per heavy atom. The molecule has 1 saturated heterocycles. The maximum absolute atomic E-state index is 12.8. The molecule has 1 N–H and O–H groups in total. The number of carbonyl (C=O) groups excluding carboxylic acids is 1. The summed E-state index contributed by atoms with van der Waals surface area (Å²) in [5, 5.41) is 2.97. The monoisotopic (exact) mass is 489 g/mol. The first-order chi connectivity index (χ1) is 13.3. The normalized spacial score (nSPS) is 19.6. The van der Waals surface area contributed by atoms with Crippen molar-refractivity contribution in [1.82, 2.24) is 14.5 Å². The van der Waals surface area contributed by atoms with Crippen molar-refractivity contribution in [3.8, 4) is 0 Å². The highest BCUT2D eigenvalue weighted by molar-refractivity contribution is 9.11. The van der Waals surface area contributed by atoms with E-state index in [4.69, 9.17) is 4.42 Å². The Kier molecular flexibility index (Phi) is 6.98. The number of thiophene rings is 1. The van der Waals surface area contributed by atoms with Crippen LogP contribution in [-0.4, -0.2) is 57.3 Å². The van der Waals surface area contributed by atoms with Crippen molar-refractivity contribution in [2.24, 2.45) is 5.92 Å². The minimum atomic E-state index is -3.57. The Balaban J connectivity index is 1.63. The van der Waals surface area contributed by atoms with Crippen LogP contribution in [0.2, 0.25) is 0 Å². The molecular weight excluding hydrogens is 466 g/mol. The van der Waals surface area contributed by atoms with Crippen LogP contribution in [0, 0.1) is 5.92 Å². The minimum absolute atomic E-state index is 0.0779. The van der Waals surface area contributed by atoms with Crippen molar-refractivity contribution in [3.05, 3.63) is 40.1 Å². The third-order valence-electron chi connectivity index (χ3n) is 4.86.